The van der Waals surface area contributed by atoms with Crippen LogP contribution in [0.1, 0.15) is 73.0 Å². The van der Waals surface area contributed by atoms with E-state index in [4.69, 9.17) is 5.21 Å². The summed E-state index contributed by atoms with van der Waals surface area (Å²) >= 11 is 0. The molecular formula is C19H27N3O2. The van der Waals surface area contributed by atoms with E-state index < -0.39 is 5.91 Å². The predicted molar refractivity (Wildman–Crippen MR) is 90.8 cm³/mol. The summed E-state index contributed by atoms with van der Waals surface area (Å²) in [5.41, 5.74) is 5.01. The van der Waals surface area contributed by atoms with Crippen LogP contribution in [-0.4, -0.2) is 33.6 Å². The molecule has 0 radical (unpaired) electrons. The molecule has 2 fully saturated rings. The molecule has 1 atom stereocenters. The van der Waals surface area contributed by atoms with Crippen LogP contribution in [0.25, 0.3) is 0 Å². The normalized spacial score (nSPS) is 26.3. The molecule has 4 rings (SSSR count). The molecule has 0 saturated heterocycles. The van der Waals surface area contributed by atoms with Crippen LogP contribution in [0.4, 0.5) is 0 Å². The number of hydrogen-bond acceptors (Lipinski definition) is 4. The Labute approximate surface area is 143 Å². The van der Waals surface area contributed by atoms with Crippen LogP contribution in [0, 0.1) is 5.41 Å². The fourth-order valence-electron chi connectivity index (χ4n) is 5.18. The first-order chi connectivity index (χ1) is 11.7. The number of fused-ring (bicyclic) bond motifs is 1. The van der Waals surface area contributed by atoms with Gasteiger partial charge in [0.1, 0.15) is 0 Å². The summed E-state index contributed by atoms with van der Waals surface area (Å²) < 4.78 is 0. The van der Waals surface area contributed by atoms with Crippen molar-refractivity contribution in [1.29, 1.82) is 0 Å². The van der Waals surface area contributed by atoms with Crippen LogP contribution in [-0.2, 0) is 13.0 Å². The summed E-state index contributed by atoms with van der Waals surface area (Å²) in [5, 5.41) is 8.76. The first-order valence-electron chi connectivity index (χ1n) is 9.35. The minimum absolute atomic E-state index is 0.437. The topological polar surface area (TPSA) is 65.5 Å². The van der Waals surface area contributed by atoms with Gasteiger partial charge in [-0.3, -0.25) is 19.9 Å². The molecule has 0 bridgehead atoms. The third-order valence-electron chi connectivity index (χ3n) is 6.55. The maximum atomic E-state index is 11.5. The lowest BCUT2D eigenvalue weighted by Crippen LogP contribution is -2.39. The zero-order chi connectivity index (χ0) is 16.6. The number of hydroxylamine groups is 1. The second-order valence-electron chi connectivity index (χ2n) is 7.95. The van der Waals surface area contributed by atoms with E-state index in [0.29, 0.717) is 17.0 Å². The highest BCUT2D eigenvalue weighted by atomic mass is 16.5. The van der Waals surface area contributed by atoms with Gasteiger partial charge in [0.25, 0.3) is 5.91 Å². The number of nitrogens with one attached hydrogen (secondary N) is 1. The van der Waals surface area contributed by atoms with E-state index >= 15 is 0 Å². The molecule has 1 amide bonds. The number of nitrogens with zero attached hydrogens (tertiary/aromatic N) is 2. The number of hydrogen-bond donors (Lipinski definition) is 2. The molecule has 0 aromatic carbocycles. The third-order valence-corrected chi connectivity index (χ3v) is 6.55. The number of pyridine rings is 1. The summed E-state index contributed by atoms with van der Waals surface area (Å²) in [6.07, 6.45) is 13.8. The molecule has 1 aromatic rings. The molecule has 2 N–H and O–H groups in total. The van der Waals surface area contributed by atoms with Crippen LogP contribution in [0.5, 0.6) is 0 Å². The van der Waals surface area contributed by atoms with Gasteiger partial charge in [-0.05, 0) is 55.6 Å². The number of rotatable bonds is 2. The highest BCUT2D eigenvalue weighted by Crippen LogP contribution is 2.50. The molecule has 1 spiro atoms. The smallest absolute Gasteiger partial charge is 0.276 e. The van der Waals surface area contributed by atoms with Crippen molar-refractivity contribution in [3.8, 4) is 0 Å². The van der Waals surface area contributed by atoms with Crippen molar-refractivity contribution in [2.75, 3.05) is 6.54 Å². The highest BCUT2D eigenvalue weighted by Gasteiger charge is 2.42. The lowest BCUT2D eigenvalue weighted by Gasteiger charge is -2.37. The Morgan fingerprint density at radius 3 is 2.92 bits per heavy atom. The van der Waals surface area contributed by atoms with Gasteiger partial charge in [-0.25, -0.2) is 5.48 Å². The first kappa shape index (κ1) is 16.0. The van der Waals surface area contributed by atoms with Crippen molar-refractivity contribution in [2.45, 2.75) is 70.4 Å². The molecule has 3 aliphatic rings. The number of carbonyl (C=O) groups is 1. The Kier molecular flexibility index (Phi) is 4.31. The van der Waals surface area contributed by atoms with E-state index in [9.17, 15) is 4.79 Å². The summed E-state index contributed by atoms with van der Waals surface area (Å²) in [6.45, 7) is 1.96. The van der Waals surface area contributed by atoms with Crippen LogP contribution in [0.2, 0.25) is 0 Å². The molecule has 5 heteroatoms. The lowest BCUT2D eigenvalue weighted by atomic mass is 9.73. The van der Waals surface area contributed by atoms with Crippen molar-refractivity contribution in [3.05, 3.63) is 29.1 Å². The van der Waals surface area contributed by atoms with Gasteiger partial charge in [0.15, 0.2) is 0 Å². The Morgan fingerprint density at radius 2 is 2.12 bits per heavy atom. The van der Waals surface area contributed by atoms with Crippen LogP contribution in [0.3, 0.4) is 0 Å². The quantitative estimate of drug-likeness (QED) is 0.646. The molecular weight excluding hydrogens is 302 g/mol. The minimum atomic E-state index is -0.484. The molecule has 130 valence electrons. The van der Waals surface area contributed by atoms with Gasteiger partial charge >= 0.3 is 0 Å². The second kappa shape index (κ2) is 6.45. The Bertz CT molecular complexity index is 625. The molecule has 2 saturated carbocycles. The predicted octanol–water partition coefficient (Wildman–Crippen LogP) is 3.06. The average Bonchev–Trinajstić information content (AvgIpc) is 3.04. The van der Waals surface area contributed by atoms with Gasteiger partial charge in [-0.2, -0.15) is 0 Å². The summed E-state index contributed by atoms with van der Waals surface area (Å²) in [5.74, 6) is -0.484. The van der Waals surface area contributed by atoms with Crippen molar-refractivity contribution in [2.24, 2.45) is 5.41 Å². The first-order valence-corrected chi connectivity index (χ1v) is 9.35. The van der Waals surface area contributed by atoms with Gasteiger partial charge in [-0.15, -0.1) is 0 Å². The molecule has 24 heavy (non-hydrogen) atoms. The van der Waals surface area contributed by atoms with Crippen molar-refractivity contribution >= 4 is 5.91 Å². The fourth-order valence-corrected chi connectivity index (χ4v) is 5.18. The standard InChI is InChI=1S/C19H27N3O2/c23-18(21-24)15-10-14-5-9-22(13-17(14)20-12-15)16-4-8-19(11-16)6-2-1-3-7-19/h10,12,16,24H,1-9,11,13H2,(H,21,23)/t16-/m1/s1. The van der Waals surface area contributed by atoms with Crippen molar-refractivity contribution in [1.82, 2.24) is 15.4 Å². The van der Waals surface area contributed by atoms with Crippen LogP contribution < -0.4 is 5.48 Å². The van der Waals surface area contributed by atoms with Crippen LogP contribution >= 0.6 is 0 Å². The number of amides is 1. The third kappa shape index (κ3) is 2.95. The van der Waals surface area contributed by atoms with Gasteiger partial charge in [0, 0.05) is 25.3 Å². The summed E-state index contributed by atoms with van der Waals surface area (Å²) in [4.78, 5) is 18.6. The van der Waals surface area contributed by atoms with E-state index in [2.05, 4.69) is 9.88 Å². The molecule has 2 heterocycles. The van der Waals surface area contributed by atoms with E-state index in [0.717, 1.165) is 30.8 Å². The van der Waals surface area contributed by atoms with E-state index in [1.54, 1.807) is 11.7 Å². The van der Waals surface area contributed by atoms with Crippen molar-refractivity contribution < 1.29 is 10.0 Å². The number of carbonyl (C=O) groups excluding carboxylic acids is 1. The average molecular weight is 329 g/mol. The van der Waals surface area contributed by atoms with Crippen LogP contribution in [0.15, 0.2) is 12.3 Å². The molecule has 1 aliphatic heterocycles. The maximum Gasteiger partial charge on any atom is 0.276 e. The van der Waals surface area contributed by atoms with Crippen molar-refractivity contribution in [3.63, 3.8) is 0 Å². The highest BCUT2D eigenvalue weighted by molar-refractivity contribution is 5.93. The van der Waals surface area contributed by atoms with Gasteiger partial charge < -0.3 is 0 Å². The summed E-state index contributed by atoms with van der Waals surface area (Å²) in [7, 11) is 0. The largest absolute Gasteiger partial charge is 0.294 e. The number of aromatic nitrogens is 1. The van der Waals surface area contributed by atoms with E-state index in [1.807, 2.05) is 6.07 Å². The maximum absolute atomic E-state index is 11.5. The van der Waals surface area contributed by atoms with Gasteiger partial charge in [0.05, 0.1) is 11.3 Å². The van der Waals surface area contributed by atoms with E-state index in [-0.39, 0.29) is 0 Å². The SMILES string of the molecule is O=C(NO)c1cnc2c(c1)CCN([C@@H]1CCC3(CCCCC3)C1)C2. The minimum Gasteiger partial charge on any atom is -0.294 e. The zero-order valence-electron chi connectivity index (χ0n) is 14.3. The Balaban J connectivity index is 1.44. The van der Waals surface area contributed by atoms with Gasteiger partial charge in [0.2, 0.25) is 0 Å². The molecule has 1 aromatic heterocycles. The summed E-state index contributed by atoms with van der Waals surface area (Å²) in [6, 6.07) is 2.58. The zero-order valence-corrected chi connectivity index (χ0v) is 14.3. The van der Waals surface area contributed by atoms with E-state index in [1.165, 1.54) is 51.4 Å². The Morgan fingerprint density at radius 1 is 1.29 bits per heavy atom. The van der Waals surface area contributed by atoms with Gasteiger partial charge in [-0.1, -0.05) is 19.3 Å². The lowest BCUT2D eigenvalue weighted by molar-refractivity contribution is 0.0705. The fraction of sp³-hybridized carbons (Fsp3) is 0.684. The monoisotopic (exact) mass is 329 g/mol. The molecule has 2 aliphatic carbocycles. The Hall–Kier alpha value is -1.46. The molecule has 0 unspecified atom stereocenters. The second-order valence-corrected chi connectivity index (χ2v) is 7.95. The molecule has 5 nitrogen and oxygen atoms in total.